The van der Waals surface area contributed by atoms with Gasteiger partial charge in [-0.2, -0.15) is 11.8 Å². The van der Waals surface area contributed by atoms with E-state index in [0.29, 0.717) is 42.9 Å². The molecule has 8 rings (SSSR count). The van der Waals surface area contributed by atoms with Crippen LogP contribution >= 0.6 is 11.8 Å². The molecule has 6 atom stereocenters. The van der Waals surface area contributed by atoms with Crippen molar-refractivity contribution in [1.82, 2.24) is 9.97 Å². The van der Waals surface area contributed by atoms with Crippen LogP contribution in [0.1, 0.15) is 67.7 Å². The maximum Gasteiger partial charge on any atom is 0.269 e. The fourth-order valence-corrected chi connectivity index (χ4v) is 11.1. The van der Waals surface area contributed by atoms with Crippen molar-refractivity contribution in [3.8, 4) is 28.4 Å². The number of unbranched alkanes of at least 4 members (excludes halogenated alkanes) is 2. The van der Waals surface area contributed by atoms with Crippen molar-refractivity contribution in [3.63, 3.8) is 0 Å². The number of aliphatic hydroxyl groups is 2. The van der Waals surface area contributed by atoms with E-state index in [2.05, 4.69) is 53.0 Å². The first-order valence-corrected chi connectivity index (χ1v) is 23.6. The molecule has 0 spiro atoms. The highest BCUT2D eigenvalue weighted by atomic mass is 32.2. The van der Waals surface area contributed by atoms with Crippen molar-refractivity contribution in [2.75, 3.05) is 25.6 Å². The molecule has 2 heterocycles. The summed E-state index contributed by atoms with van der Waals surface area (Å²) >= 11 is 1.76. The number of hydrogen-bond acceptors (Lipinski definition) is 12. The van der Waals surface area contributed by atoms with Crippen molar-refractivity contribution in [2.24, 2.45) is 22.9 Å². The second-order valence-corrected chi connectivity index (χ2v) is 18.1. The third-order valence-electron chi connectivity index (χ3n) is 12.7. The second-order valence-electron chi connectivity index (χ2n) is 16.8. The quantitative estimate of drug-likeness (QED) is 0.0295. The smallest absolute Gasteiger partial charge is 0.269 e. The van der Waals surface area contributed by atoms with Gasteiger partial charge in [0.15, 0.2) is 0 Å². The molecule has 1 fully saturated rings. The van der Waals surface area contributed by atoms with Crippen LogP contribution in [0.4, 0.5) is 5.69 Å². The predicted molar refractivity (Wildman–Crippen MR) is 253 cm³/mol. The molecule has 0 saturated heterocycles. The number of allylic oxidation sites excluding steroid dienone is 1. The molecule has 13 heteroatoms. The average molecular weight is 897 g/mol. The Bertz CT molecular complexity index is 2420. The summed E-state index contributed by atoms with van der Waals surface area (Å²) in [6, 6.07) is 30.8. The summed E-state index contributed by atoms with van der Waals surface area (Å²) in [4.78, 5) is 25.9. The lowest BCUT2D eigenvalue weighted by Crippen LogP contribution is -2.64. The number of ether oxygens (including phenoxy) is 3. The lowest BCUT2D eigenvalue weighted by Gasteiger charge is -2.58. The van der Waals surface area contributed by atoms with Crippen LogP contribution in [0.25, 0.3) is 11.1 Å². The minimum Gasteiger partial charge on any atom is -0.460 e. The van der Waals surface area contributed by atoms with Gasteiger partial charge in [0.05, 0.1) is 34.1 Å². The van der Waals surface area contributed by atoms with Gasteiger partial charge in [-0.3, -0.25) is 20.1 Å². The number of oxime groups is 1. The molecular weight excluding hydrogens is 841 g/mol. The lowest BCUT2D eigenvalue weighted by molar-refractivity contribution is -0.384. The third kappa shape index (κ3) is 10.7. The molecule has 5 aromatic rings. The molecule has 0 radical (unpaired) electrons. The molecule has 1 aromatic heterocycles. The lowest BCUT2D eigenvalue weighted by atomic mass is 9.56. The van der Waals surface area contributed by atoms with Gasteiger partial charge >= 0.3 is 0 Å². The topological polar surface area (TPSA) is 159 Å². The van der Waals surface area contributed by atoms with Crippen LogP contribution in [-0.4, -0.2) is 67.4 Å². The fraction of sp³-hybridized carbons (Fsp3) is 0.365. The molecule has 0 amide bonds. The molecule has 4 aromatic carbocycles. The van der Waals surface area contributed by atoms with Crippen LogP contribution in [0.15, 0.2) is 145 Å². The molecule has 2 N–H and O–H groups in total. The first kappa shape index (κ1) is 45.7. The Morgan fingerprint density at radius 1 is 0.923 bits per heavy atom. The molecule has 2 aliphatic carbocycles. The minimum absolute atomic E-state index is 0.0100. The Balaban J connectivity index is 1.22. The number of benzene rings is 4. The summed E-state index contributed by atoms with van der Waals surface area (Å²) in [7, 11) is 0. The first-order valence-electron chi connectivity index (χ1n) is 22.5. The predicted octanol–water partition coefficient (Wildman–Crippen LogP) is 10.7. The van der Waals surface area contributed by atoms with E-state index in [1.807, 2.05) is 42.5 Å². The number of nitrogens with zero attached hydrogens (tertiary/aromatic N) is 4. The third-order valence-corrected chi connectivity index (χ3v) is 14.0. The van der Waals surface area contributed by atoms with Gasteiger partial charge in [-0.15, -0.1) is 6.58 Å². The molecule has 65 heavy (non-hydrogen) atoms. The van der Waals surface area contributed by atoms with Crippen molar-refractivity contribution in [3.05, 3.63) is 167 Å². The normalized spacial score (nSPS) is 22.5. The molecule has 12 nitrogen and oxygen atoms in total. The molecular formula is C52H56N4O8S. The summed E-state index contributed by atoms with van der Waals surface area (Å²) in [5, 5.41) is 35.9. The van der Waals surface area contributed by atoms with E-state index in [-0.39, 0.29) is 61.0 Å². The standard InChI is InChI=1S/C52H56N4O8S/c1-2-29-61-52-49(65-30-24-40-34-53-25-26-54-40)33-47(55-62-35-36-14-18-41(19-15-36)56(59)60)45-31-39(12-6-8-27-57)44(13-7-9-28-58)50(51(45)52)46-32-43(22-23-48(46)64-52)63-42-20-16-38(17-21-42)37-10-4-3-5-11-37/h2-5,10-11,14-23,25-26,31-32,34,39,44,49-51,57-58H,1,6-9,12-13,24,27-30,33,35H2/t39-,44+,49-,50+,51+,52+/m0/s1. The van der Waals surface area contributed by atoms with E-state index in [0.717, 1.165) is 70.7 Å². The number of aromatic nitrogens is 2. The molecule has 0 unspecified atom stereocenters. The van der Waals surface area contributed by atoms with Gasteiger partial charge < -0.3 is 29.3 Å². The molecule has 1 aliphatic heterocycles. The maximum absolute atomic E-state index is 11.3. The van der Waals surface area contributed by atoms with Crippen LogP contribution in [-0.2, 0) is 22.6 Å². The molecule has 0 bridgehead atoms. The van der Waals surface area contributed by atoms with Crippen molar-refractivity contribution < 1.29 is 34.2 Å². The Morgan fingerprint density at radius 2 is 1.68 bits per heavy atom. The minimum atomic E-state index is -1.14. The SMILES string of the molecule is C=CCO[C@@]12Oc3ccc(Oc4ccc(-c5ccccc5)cc4)cc3[C@H]3[C@H](CCCCO)[C@@H](CCCCO)C=C(C(=NOCc4ccc([N+](=O)[O-])cc4)C[C@@H]1SCCc1cnccn1)[C@H]32. The van der Waals surface area contributed by atoms with Crippen LogP contribution in [0.2, 0.25) is 0 Å². The zero-order chi connectivity index (χ0) is 45.0. The van der Waals surface area contributed by atoms with E-state index in [1.54, 1.807) is 48.6 Å². The van der Waals surface area contributed by atoms with E-state index >= 15 is 0 Å². The molecule has 1 saturated carbocycles. The van der Waals surface area contributed by atoms with Crippen molar-refractivity contribution in [1.29, 1.82) is 0 Å². The monoisotopic (exact) mass is 896 g/mol. The summed E-state index contributed by atoms with van der Waals surface area (Å²) in [5.41, 5.74) is 6.72. The number of fused-ring (bicyclic) bond motifs is 2. The number of nitro groups is 1. The Hall–Kier alpha value is -5.86. The summed E-state index contributed by atoms with van der Waals surface area (Å²) < 4.78 is 21.1. The van der Waals surface area contributed by atoms with E-state index < -0.39 is 10.7 Å². The number of aliphatic hydroxyl groups excluding tert-OH is 2. The van der Waals surface area contributed by atoms with Gasteiger partial charge in [-0.1, -0.05) is 72.6 Å². The zero-order valence-electron chi connectivity index (χ0n) is 36.5. The second kappa shape index (κ2) is 21.9. The van der Waals surface area contributed by atoms with Crippen LogP contribution in [0.5, 0.6) is 17.2 Å². The molecule has 338 valence electrons. The van der Waals surface area contributed by atoms with Crippen LogP contribution in [0.3, 0.4) is 0 Å². The Labute approximate surface area is 384 Å². The summed E-state index contributed by atoms with van der Waals surface area (Å²) in [5.74, 6) is 1.50. The van der Waals surface area contributed by atoms with E-state index in [4.69, 9.17) is 24.2 Å². The van der Waals surface area contributed by atoms with Gasteiger partial charge in [0, 0.05) is 68.3 Å². The van der Waals surface area contributed by atoms with Crippen LogP contribution < -0.4 is 9.47 Å². The number of hydrogen-bond donors (Lipinski definition) is 2. The highest BCUT2D eigenvalue weighted by molar-refractivity contribution is 8.00. The Morgan fingerprint density at radius 3 is 2.40 bits per heavy atom. The number of thioether (sulfide) groups is 1. The van der Waals surface area contributed by atoms with Gasteiger partial charge in [-0.25, -0.2) is 0 Å². The summed E-state index contributed by atoms with van der Waals surface area (Å²) in [6.45, 7) is 4.66. The van der Waals surface area contributed by atoms with Gasteiger partial charge in [0.1, 0.15) is 23.9 Å². The van der Waals surface area contributed by atoms with Crippen LogP contribution in [0, 0.1) is 27.9 Å². The highest BCUT2D eigenvalue weighted by Gasteiger charge is 2.64. The number of non-ortho nitro benzene ring substituents is 1. The van der Waals surface area contributed by atoms with Crippen molar-refractivity contribution >= 4 is 23.2 Å². The van der Waals surface area contributed by atoms with Gasteiger partial charge in [-0.05, 0) is 108 Å². The summed E-state index contributed by atoms with van der Waals surface area (Å²) in [6.07, 6.45) is 15.2. The van der Waals surface area contributed by atoms with E-state index in [1.165, 1.54) is 12.1 Å². The fourth-order valence-electron chi connectivity index (χ4n) is 9.68. The number of nitro benzene ring substituents is 1. The van der Waals surface area contributed by atoms with Gasteiger partial charge in [0.2, 0.25) is 5.79 Å². The van der Waals surface area contributed by atoms with E-state index in [9.17, 15) is 20.3 Å². The number of rotatable bonds is 22. The zero-order valence-corrected chi connectivity index (χ0v) is 37.3. The average Bonchev–Trinajstić information content (AvgIpc) is 3.33. The van der Waals surface area contributed by atoms with Crippen molar-refractivity contribution in [2.45, 2.75) is 74.9 Å². The first-order chi connectivity index (χ1) is 31.9. The van der Waals surface area contributed by atoms with Gasteiger partial charge in [0.25, 0.3) is 5.69 Å². The molecule has 3 aliphatic rings. The number of aryl methyl sites for hydroxylation is 1. The highest BCUT2D eigenvalue weighted by Crippen LogP contribution is 2.62. The Kier molecular flexibility index (Phi) is 15.4. The largest absolute Gasteiger partial charge is 0.460 e. The maximum atomic E-state index is 11.3.